The van der Waals surface area contributed by atoms with E-state index in [9.17, 15) is 13.2 Å². The lowest BCUT2D eigenvalue weighted by atomic mass is 10.1. The van der Waals surface area contributed by atoms with E-state index in [1.54, 1.807) is 31.3 Å². The van der Waals surface area contributed by atoms with Gasteiger partial charge in [0.2, 0.25) is 0 Å². The van der Waals surface area contributed by atoms with Crippen molar-refractivity contribution in [3.05, 3.63) is 53.1 Å². The fraction of sp³-hybridized carbons (Fsp3) is 0.435. The minimum atomic E-state index is -3.15. The molecule has 0 saturated carbocycles. The van der Waals surface area contributed by atoms with Gasteiger partial charge in [0.25, 0.3) is 5.91 Å². The number of sulfone groups is 1. The molecule has 1 heterocycles. The van der Waals surface area contributed by atoms with E-state index in [0.29, 0.717) is 23.7 Å². The van der Waals surface area contributed by atoms with Crippen LogP contribution in [-0.2, 0) is 21.2 Å². The van der Waals surface area contributed by atoms with Crippen LogP contribution in [0.1, 0.15) is 23.1 Å². The molecule has 0 N–H and O–H groups in total. The van der Waals surface area contributed by atoms with E-state index in [2.05, 4.69) is 0 Å². The Labute approximate surface area is 183 Å². The fourth-order valence-electron chi connectivity index (χ4n) is 3.72. The number of benzene rings is 2. The molecule has 0 spiro atoms. The second-order valence-electron chi connectivity index (χ2n) is 7.75. The molecular weight excluding hydrogens is 418 g/mol. The van der Waals surface area contributed by atoms with E-state index in [-0.39, 0.29) is 36.6 Å². The van der Waals surface area contributed by atoms with E-state index in [1.807, 2.05) is 38.1 Å². The van der Waals surface area contributed by atoms with Gasteiger partial charge in [-0.1, -0.05) is 18.2 Å². The summed E-state index contributed by atoms with van der Waals surface area (Å²) in [5.41, 5.74) is 2.88. The third kappa shape index (κ3) is 5.50. The fourth-order valence-corrected chi connectivity index (χ4v) is 5.45. The molecule has 8 heteroatoms. The van der Waals surface area contributed by atoms with Gasteiger partial charge in [0.15, 0.2) is 27.9 Å². The molecule has 1 aliphatic rings. The van der Waals surface area contributed by atoms with Gasteiger partial charge in [0.1, 0.15) is 5.75 Å². The zero-order valence-electron chi connectivity index (χ0n) is 18.4. The van der Waals surface area contributed by atoms with Crippen LogP contribution >= 0.6 is 0 Å². The molecule has 2 aromatic rings. The van der Waals surface area contributed by atoms with Crippen LogP contribution in [0, 0.1) is 13.8 Å². The van der Waals surface area contributed by atoms with Crippen LogP contribution in [0.5, 0.6) is 17.2 Å². The van der Waals surface area contributed by atoms with Crippen molar-refractivity contribution in [2.45, 2.75) is 32.9 Å². The largest absolute Gasteiger partial charge is 0.493 e. The smallest absolute Gasteiger partial charge is 0.261 e. The van der Waals surface area contributed by atoms with Crippen LogP contribution in [0.25, 0.3) is 0 Å². The topological polar surface area (TPSA) is 82.1 Å². The third-order valence-corrected chi connectivity index (χ3v) is 7.43. The molecular formula is C23H29NO6S. The summed E-state index contributed by atoms with van der Waals surface area (Å²) in [7, 11) is -0.0440. The summed E-state index contributed by atoms with van der Waals surface area (Å²) in [5, 5.41) is 0. The van der Waals surface area contributed by atoms with Crippen LogP contribution in [0.3, 0.4) is 0 Å². The van der Waals surface area contributed by atoms with Gasteiger partial charge in [-0.3, -0.25) is 4.79 Å². The summed E-state index contributed by atoms with van der Waals surface area (Å²) in [6.45, 7) is 4.03. The molecule has 1 amide bonds. The highest BCUT2D eigenvalue weighted by atomic mass is 32.2. The Morgan fingerprint density at radius 1 is 1.06 bits per heavy atom. The van der Waals surface area contributed by atoms with E-state index >= 15 is 0 Å². The van der Waals surface area contributed by atoms with E-state index in [0.717, 1.165) is 16.7 Å². The number of amides is 1. The van der Waals surface area contributed by atoms with Gasteiger partial charge >= 0.3 is 0 Å². The summed E-state index contributed by atoms with van der Waals surface area (Å²) in [6, 6.07) is 10.7. The van der Waals surface area contributed by atoms with Crippen molar-refractivity contribution in [3.63, 3.8) is 0 Å². The van der Waals surface area contributed by atoms with Crippen molar-refractivity contribution in [2.75, 3.05) is 32.3 Å². The molecule has 0 aliphatic carbocycles. The Hall–Kier alpha value is -2.74. The molecule has 1 unspecified atom stereocenters. The standard InChI is InChI=1S/C23H29NO6S/c1-16-6-5-7-20(17(16)2)30-14-23(25)24(19-10-11-31(26,27)15-19)13-18-8-9-21(28-3)22(12-18)29-4/h5-9,12,19H,10-11,13-15H2,1-4H3. The van der Waals surface area contributed by atoms with Gasteiger partial charge in [0.05, 0.1) is 25.7 Å². The number of carbonyl (C=O) groups is 1. The van der Waals surface area contributed by atoms with Crippen molar-refractivity contribution in [1.82, 2.24) is 4.90 Å². The average Bonchev–Trinajstić information content (AvgIpc) is 3.11. The Bertz CT molecular complexity index is 1050. The van der Waals surface area contributed by atoms with Gasteiger partial charge in [-0.15, -0.1) is 0 Å². The highest BCUT2D eigenvalue weighted by Crippen LogP contribution is 2.29. The zero-order chi connectivity index (χ0) is 22.6. The molecule has 1 atom stereocenters. The Morgan fingerprint density at radius 3 is 2.45 bits per heavy atom. The molecule has 1 aliphatic heterocycles. The Morgan fingerprint density at radius 2 is 1.81 bits per heavy atom. The first-order valence-corrected chi connectivity index (χ1v) is 12.0. The molecule has 1 fully saturated rings. The van der Waals surface area contributed by atoms with Crippen LogP contribution in [-0.4, -0.2) is 57.6 Å². The molecule has 0 bridgehead atoms. The normalized spacial score (nSPS) is 17.2. The lowest BCUT2D eigenvalue weighted by Crippen LogP contribution is -2.43. The first kappa shape index (κ1) is 22.9. The Kier molecular flexibility index (Phi) is 7.10. The third-order valence-electron chi connectivity index (χ3n) is 5.68. The quantitative estimate of drug-likeness (QED) is 0.619. The monoisotopic (exact) mass is 447 g/mol. The summed E-state index contributed by atoms with van der Waals surface area (Å²) in [6.07, 6.45) is 0.421. The molecule has 0 aromatic heterocycles. The van der Waals surface area contributed by atoms with Crippen molar-refractivity contribution < 1.29 is 27.4 Å². The zero-order valence-corrected chi connectivity index (χ0v) is 19.2. The number of hydrogen-bond donors (Lipinski definition) is 0. The van der Waals surface area contributed by atoms with Crippen molar-refractivity contribution in [3.8, 4) is 17.2 Å². The predicted molar refractivity (Wildman–Crippen MR) is 119 cm³/mol. The maximum absolute atomic E-state index is 13.1. The number of nitrogens with zero attached hydrogens (tertiary/aromatic N) is 1. The first-order chi connectivity index (χ1) is 14.7. The van der Waals surface area contributed by atoms with E-state index in [4.69, 9.17) is 14.2 Å². The second kappa shape index (κ2) is 9.60. The first-order valence-electron chi connectivity index (χ1n) is 10.1. The summed E-state index contributed by atoms with van der Waals surface area (Å²) in [4.78, 5) is 14.8. The predicted octanol–water partition coefficient (Wildman–Crippen LogP) is 2.92. The molecule has 2 aromatic carbocycles. The number of aryl methyl sites for hydroxylation is 1. The van der Waals surface area contributed by atoms with E-state index < -0.39 is 9.84 Å². The van der Waals surface area contributed by atoms with Crippen molar-refractivity contribution >= 4 is 15.7 Å². The van der Waals surface area contributed by atoms with Gasteiger partial charge in [0, 0.05) is 12.6 Å². The van der Waals surface area contributed by atoms with Gasteiger partial charge in [-0.25, -0.2) is 8.42 Å². The van der Waals surface area contributed by atoms with Gasteiger partial charge in [-0.05, 0) is 55.2 Å². The van der Waals surface area contributed by atoms with Gasteiger partial charge in [-0.2, -0.15) is 0 Å². The number of rotatable bonds is 8. The van der Waals surface area contributed by atoms with Crippen LogP contribution < -0.4 is 14.2 Å². The summed E-state index contributed by atoms with van der Waals surface area (Å²) in [5.74, 6) is 1.60. The minimum Gasteiger partial charge on any atom is -0.493 e. The number of hydrogen-bond acceptors (Lipinski definition) is 6. The molecule has 0 radical (unpaired) electrons. The average molecular weight is 448 g/mol. The Balaban J connectivity index is 1.81. The SMILES string of the molecule is COc1ccc(CN(C(=O)COc2cccc(C)c2C)C2CCS(=O)(=O)C2)cc1OC. The summed E-state index contributed by atoms with van der Waals surface area (Å²) >= 11 is 0. The van der Waals surface area contributed by atoms with Crippen molar-refractivity contribution in [2.24, 2.45) is 0 Å². The van der Waals surface area contributed by atoms with Crippen LogP contribution in [0.2, 0.25) is 0 Å². The lowest BCUT2D eigenvalue weighted by molar-refractivity contribution is -0.136. The maximum Gasteiger partial charge on any atom is 0.261 e. The minimum absolute atomic E-state index is 0.0322. The number of ether oxygens (including phenoxy) is 3. The van der Waals surface area contributed by atoms with Crippen molar-refractivity contribution in [1.29, 1.82) is 0 Å². The maximum atomic E-state index is 13.1. The number of carbonyl (C=O) groups excluding carboxylic acids is 1. The molecule has 31 heavy (non-hydrogen) atoms. The number of methoxy groups -OCH3 is 2. The van der Waals surface area contributed by atoms with Gasteiger partial charge < -0.3 is 19.1 Å². The lowest BCUT2D eigenvalue weighted by Gasteiger charge is -2.29. The molecule has 3 rings (SSSR count). The molecule has 7 nitrogen and oxygen atoms in total. The molecule has 1 saturated heterocycles. The highest BCUT2D eigenvalue weighted by Gasteiger charge is 2.35. The summed E-state index contributed by atoms with van der Waals surface area (Å²) < 4.78 is 40.6. The van der Waals surface area contributed by atoms with E-state index in [1.165, 1.54) is 0 Å². The van der Waals surface area contributed by atoms with Crippen LogP contribution in [0.15, 0.2) is 36.4 Å². The molecule has 168 valence electrons. The van der Waals surface area contributed by atoms with Crippen LogP contribution in [0.4, 0.5) is 0 Å². The second-order valence-corrected chi connectivity index (χ2v) is 9.98. The highest BCUT2D eigenvalue weighted by molar-refractivity contribution is 7.91.